The normalized spacial score (nSPS) is 9.50. The third-order valence-electron chi connectivity index (χ3n) is 1.77. The Morgan fingerprint density at radius 3 is 1.88 bits per heavy atom. The summed E-state index contributed by atoms with van der Waals surface area (Å²) >= 11 is 0. The molecule has 0 radical (unpaired) electrons. The Bertz CT molecular complexity index is 338. The molecular formula is C15H19N. The van der Waals surface area contributed by atoms with Crippen molar-refractivity contribution in [3.63, 3.8) is 0 Å². The van der Waals surface area contributed by atoms with Gasteiger partial charge in [-0.3, -0.25) is 4.98 Å². The largest absolute Gasteiger partial charge is 0.264 e. The average molecular weight is 213 g/mol. The molecular weight excluding hydrogens is 194 g/mol. The maximum atomic E-state index is 4.06. The fourth-order valence-corrected chi connectivity index (χ4v) is 1.16. The highest BCUT2D eigenvalue weighted by molar-refractivity contribution is 5.61. The van der Waals surface area contributed by atoms with Gasteiger partial charge in [-0.25, -0.2) is 0 Å². The number of nitrogens with zero attached hydrogens (tertiary/aromatic N) is 1. The molecule has 84 valence electrons. The van der Waals surface area contributed by atoms with E-state index in [1.807, 2.05) is 30.5 Å². The first kappa shape index (κ1) is 12.4. The van der Waals surface area contributed by atoms with Gasteiger partial charge in [-0.1, -0.05) is 57.2 Å². The molecule has 1 nitrogen and oxygen atoms in total. The second kappa shape index (κ2) is 6.78. The van der Waals surface area contributed by atoms with Crippen LogP contribution in [0.5, 0.6) is 0 Å². The van der Waals surface area contributed by atoms with Crippen LogP contribution < -0.4 is 0 Å². The van der Waals surface area contributed by atoms with Gasteiger partial charge >= 0.3 is 0 Å². The predicted octanol–water partition coefficient (Wildman–Crippen LogP) is 4.41. The van der Waals surface area contributed by atoms with Crippen LogP contribution in [-0.4, -0.2) is 4.98 Å². The number of rotatable bonds is 1. The Hall–Kier alpha value is -1.63. The summed E-state index contributed by atoms with van der Waals surface area (Å²) < 4.78 is 0. The first-order valence-electron chi connectivity index (χ1n) is 5.65. The molecule has 1 heterocycles. The van der Waals surface area contributed by atoms with E-state index in [1.165, 1.54) is 5.56 Å². The summed E-state index contributed by atoms with van der Waals surface area (Å²) in [5.41, 5.74) is 2.38. The van der Waals surface area contributed by atoms with E-state index in [0.717, 1.165) is 11.5 Å². The van der Waals surface area contributed by atoms with Crippen LogP contribution in [0.2, 0.25) is 0 Å². The quantitative estimate of drug-likeness (QED) is 0.683. The molecule has 0 unspecified atom stereocenters. The monoisotopic (exact) mass is 213 g/mol. The Labute approximate surface area is 98.2 Å². The van der Waals surface area contributed by atoms with Crippen LogP contribution >= 0.6 is 0 Å². The van der Waals surface area contributed by atoms with Crippen LogP contribution in [0.15, 0.2) is 54.9 Å². The first-order chi connectivity index (χ1) is 7.70. The van der Waals surface area contributed by atoms with Gasteiger partial charge in [0.2, 0.25) is 0 Å². The summed E-state index contributed by atoms with van der Waals surface area (Å²) in [7, 11) is 0. The topological polar surface area (TPSA) is 12.9 Å². The third-order valence-corrected chi connectivity index (χ3v) is 1.77. The van der Waals surface area contributed by atoms with Crippen molar-refractivity contribution in [3.05, 3.63) is 54.9 Å². The van der Waals surface area contributed by atoms with Crippen LogP contribution in [0, 0.1) is 5.92 Å². The van der Waals surface area contributed by atoms with Crippen LogP contribution in [0.1, 0.15) is 20.8 Å². The molecule has 0 aliphatic rings. The zero-order valence-corrected chi connectivity index (χ0v) is 10.2. The van der Waals surface area contributed by atoms with E-state index in [4.69, 9.17) is 0 Å². The lowest BCUT2D eigenvalue weighted by molar-refractivity contribution is 0.737. The summed E-state index contributed by atoms with van der Waals surface area (Å²) in [6, 6.07) is 14.2. The van der Waals surface area contributed by atoms with E-state index in [0.29, 0.717) is 0 Å². The number of benzene rings is 1. The molecule has 2 rings (SSSR count). The summed E-state index contributed by atoms with van der Waals surface area (Å²) in [5.74, 6) is 0.833. The Morgan fingerprint density at radius 2 is 1.38 bits per heavy atom. The molecule has 1 heteroatoms. The van der Waals surface area contributed by atoms with Crippen LogP contribution in [0.25, 0.3) is 11.1 Å². The minimum absolute atomic E-state index is 0.833. The molecule has 0 amide bonds. The minimum atomic E-state index is 0.833. The van der Waals surface area contributed by atoms with Crippen molar-refractivity contribution in [1.29, 1.82) is 0 Å². The average Bonchev–Trinajstić information content (AvgIpc) is 2.31. The fourth-order valence-electron chi connectivity index (χ4n) is 1.16. The molecule has 16 heavy (non-hydrogen) atoms. The molecule has 1 aromatic heterocycles. The fraction of sp³-hybridized carbons (Fsp3) is 0.267. The maximum Gasteiger partial charge on any atom is 0.0346 e. The second-order valence-electron chi connectivity index (χ2n) is 4.34. The zero-order valence-electron chi connectivity index (χ0n) is 10.2. The molecule has 0 spiro atoms. The maximum absolute atomic E-state index is 4.06. The highest BCUT2D eigenvalue weighted by atomic mass is 14.6. The Kier molecular flexibility index (Phi) is 5.27. The van der Waals surface area contributed by atoms with Gasteiger partial charge in [0.05, 0.1) is 0 Å². The Morgan fingerprint density at radius 1 is 0.812 bits per heavy atom. The van der Waals surface area contributed by atoms with Crippen LogP contribution in [0.4, 0.5) is 0 Å². The third kappa shape index (κ3) is 4.74. The van der Waals surface area contributed by atoms with Gasteiger partial charge in [0, 0.05) is 12.4 Å². The van der Waals surface area contributed by atoms with Crippen molar-refractivity contribution in [1.82, 2.24) is 4.98 Å². The van der Waals surface area contributed by atoms with Gasteiger partial charge < -0.3 is 0 Å². The summed E-state index contributed by atoms with van der Waals surface area (Å²) in [6.07, 6.45) is 3.65. The highest BCUT2D eigenvalue weighted by Crippen LogP contribution is 2.16. The number of hydrogen-bond acceptors (Lipinski definition) is 1. The van der Waals surface area contributed by atoms with Crippen molar-refractivity contribution in [2.75, 3.05) is 0 Å². The molecule has 0 saturated heterocycles. The Balaban J connectivity index is 0.000000280. The molecule has 0 bridgehead atoms. The smallest absolute Gasteiger partial charge is 0.0346 e. The second-order valence-corrected chi connectivity index (χ2v) is 4.34. The van der Waals surface area contributed by atoms with Gasteiger partial charge in [0.15, 0.2) is 0 Å². The highest BCUT2D eigenvalue weighted by Gasteiger charge is 1.92. The first-order valence-corrected chi connectivity index (χ1v) is 5.65. The summed E-state index contributed by atoms with van der Waals surface area (Å²) in [5, 5.41) is 0. The zero-order chi connectivity index (χ0) is 11.8. The SMILES string of the molecule is CC(C)C.c1ccc(-c2cccnc2)cc1. The summed E-state index contributed by atoms with van der Waals surface area (Å²) in [6.45, 7) is 6.50. The van der Waals surface area contributed by atoms with Crippen molar-refractivity contribution in [2.45, 2.75) is 20.8 Å². The van der Waals surface area contributed by atoms with Crippen molar-refractivity contribution >= 4 is 0 Å². The standard InChI is InChI=1S/C11H9N.C4H10/c1-2-5-10(6-3-1)11-7-4-8-12-9-11;1-4(2)3/h1-9H;4H,1-3H3. The number of aromatic nitrogens is 1. The molecule has 0 fully saturated rings. The van der Waals surface area contributed by atoms with E-state index < -0.39 is 0 Å². The van der Waals surface area contributed by atoms with Crippen molar-refractivity contribution in [2.24, 2.45) is 5.92 Å². The number of pyridine rings is 1. The van der Waals surface area contributed by atoms with E-state index in [-0.39, 0.29) is 0 Å². The van der Waals surface area contributed by atoms with E-state index in [9.17, 15) is 0 Å². The van der Waals surface area contributed by atoms with E-state index in [2.05, 4.69) is 44.0 Å². The molecule has 0 atom stereocenters. The predicted molar refractivity (Wildman–Crippen MR) is 70.2 cm³/mol. The van der Waals surface area contributed by atoms with Gasteiger partial charge in [-0.05, 0) is 23.1 Å². The van der Waals surface area contributed by atoms with Crippen molar-refractivity contribution in [3.8, 4) is 11.1 Å². The molecule has 1 aromatic carbocycles. The number of hydrogen-bond donors (Lipinski definition) is 0. The lowest BCUT2D eigenvalue weighted by Crippen LogP contribution is -1.76. The molecule has 0 aliphatic carbocycles. The van der Waals surface area contributed by atoms with E-state index >= 15 is 0 Å². The lowest BCUT2D eigenvalue weighted by atomic mass is 10.1. The molecule has 2 aromatic rings. The molecule has 0 saturated carbocycles. The molecule has 0 N–H and O–H groups in total. The van der Waals surface area contributed by atoms with Crippen LogP contribution in [-0.2, 0) is 0 Å². The minimum Gasteiger partial charge on any atom is -0.264 e. The van der Waals surface area contributed by atoms with Gasteiger partial charge in [-0.15, -0.1) is 0 Å². The lowest BCUT2D eigenvalue weighted by Gasteiger charge is -1.97. The summed E-state index contributed by atoms with van der Waals surface area (Å²) in [4.78, 5) is 4.06. The van der Waals surface area contributed by atoms with Gasteiger partial charge in [0.25, 0.3) is 0 Å². The molecule has 0 aliphatic heterocycles. The van der Waals surface area contributed by atoms with Gasteiger partial charge in [0.1, 0.15) is 0 Å². The van der Waals surface area contributed by atoms with Gasteiger partial charge in [-0.2, -0.15) is 0 Å². The van der Waals surface area contributed by atoms with Crippen molar-refractivity contribution < 1.29 is 0 Å². The van der Waals surface area contributed by atoms with E-state index in [1.54, 1.807) is 6.20 Å². The van der Waals surface area contributed by atoms with Crippen LogP contribution in [0.3, 0.4) is 0 Å².